The highest BCUT2D eigenvalue weighted by molar-refractivity contribution is 9.08. The van der Waals surface area contributed by atoms with Crippen LogP contribution in [0.2, 0.25) is 0 Å². The number of aromatic nitrogens is 2. The van der Waals surface area contributed by atoms with Crippen LogP contribution in [0.1, 0.15) is 11.1 Å². The molecule has 2 rings (SSSR count). The Hall–Kier alpha value is -1.09. The fourth-order valence-electron chi connectivity index (χ4n) is 1.39. The number of alkyl halides is 1. The van der Waals surface area contributed by atoms with Gasteiger partial charge < -0.3 is 0 Å². The summed E-state index contributed by atoms with van der Waals surface area (Å²) in [6.07, 6.45) is 3.73. The standard InChI is InChI=1S/C11H11BrN2/c1-9-7-11(4-3-10(9)8-12)14-6-2-5-13-14/h2-7H,8H2,1H3. The molecule has 0 bridgehead atoms. The first-order valence-electron chi connectivity index (χ1n) is 4.47. The zero-order valence-corrected chi connectivity index (χ0v) is 9.53. The minimum Gasteiger partial charge on any atom is -0.241 e. The summed E-state index contributed by atoms with van der Waals surface area (Å²) in [5.74, 6) is 0. The van der Waals surface area contributed by atoms with Gasteiger partial charge in [-0.1, -0.05) is 22.0 Å². The average Bonchev–Trinajstić information content (AvgIpc) is 2.70. The van der Waals surface area contributed by atoms with Crippen LogP contribution in [0.5, 0.6) is 0 Å². The summed E-state index contributed by atoms with van der Waals surface area (Å²) in [7, 11) is 0. The van der Waals surface area contributed by atoms with E-state index in [0.717, 1.165) is 11.0 Å². The molecule has 0 fully saturated rings. The van der Waals surface area contributed by atoms with E-state index in [1.807, 2.05) is 16.9 Å². The Morgan fingerprint density at radius 2 is 2.29 bits per heavy atom. The van der Waals surface area contributed by atoms with Crippen LogP contribution in [-0.2, 0) is 5.33 Å². The highest BCUT2D eigenvalue weighted by atomic mass is 79.9. The Bertz CT molecular complexity index is 421. The third-order valence-corrected chi connectivity index (χ3v) is 2.84. The van der Waals surface area contributed by atoms with Crippen molar-refractivity contribution in [3.8, 4) is 5.69 Å². The van der Waals surface area contributed by atoms with E-state index in [0.29, 0.717) is 0 Å². The molecule has 0 unspecified atom stereocenters. The Labute approximate surface area is 91.7 Å². The summed E-state index contributed by atoms with van der Waals surface area (Å²) >= 11 is 3.46. The lowest BCUT2D eigenvalue weighted by Gasteiger charge is -2.05. The van der Waals surface area contributed by atoms with Crippen LogP contribution >= 0.6 is 15.9 Å². The summed E-state index contributed by atoms with van der Waals surface area (Å²) in [6, 6.07) is 8.27. The maximum atomic E-state index is 4.19. The number of benzene rings is 1. The lowest BCUT2D eigenvalue weighted by atomic mass is 10.1. The van der Waals surface area contributed by atoms with Crippen molar-refractivity contribution in [3.05, 3.63) is 47.8 Å². The van der Waals surface area contributed by atoms with Gasteiger partial charge in [-0.3, -0.25) is 0 Å². The second-order valence-corrected chi connectivity index (χ2v) is 3.76. The molecule has 0 aliphatic rings. The lowest BCUT2D eigenvalue weighted by molar-refractivity contribution is 0.878. The van der Waals surface area contributed by atoms with E-state index in [2.05, 4.69) is 46.2 Å². The van der Waals surface area contributed by atoms with Crippen LogP contribution < -0.4 is 0 Å². The van der Waals surface area contributed by atoms with Gasteiger partial charge in [0.05, 0.1) is 5.69 Å². The minimum atomic E-state index is 0.901. The van der Waals surface area contributed by atoms with Crippen molar-refractivity contribution in [2.24, 2.45) is 0 Å². The molecule has 1 aromatic carbocycles. The Morgan fingerprint density at radius 1 is 1.43 bits per heavy atom. The fraction of sp³-hybridized carbons (Fsp3) is 0.182. The van der Waals surface area contributed by atoms with Crippen molar-refractivity contribution in [1.29, 1.82) is 0 Å². The van der Waals surface area contributed by atoms with Gasteiger partial charge in [0.1, 0.15) is 0 Å². The van der Waals surface area contributed by atoms with E-state index < -0.39 is 0 Å². The molecule has 1 heterocycles. The molecule has 14 heavy (non-hydrogen) atoms. The van der Waals surface area contributed by atoms with Gasteiger partial charge in [0, 0.05) is 17.7 Å². The summed E-state index contributed by atoms with van der Waals surface area (Å²) < 4.78 is 1.87. The van der Waals surface area contributed by atoms with Gasteiger partial charge >= 0.3 is 0 Å². The van der Waals surface area contributed by atoms with Gasteiger partial charge in [0.2, 0.25) is 0 Å². The quantitative estimate of drug-likeness (QED) is 0.750. The van der Waals surface area contributed by atoms with Crippen molar-refractivity contribution < 1.29 is 0 Å². The highest BCUT2D eigenvalue weighted by Crippen LogP contribution is 2.16. The molecular weight excluding hydrogens is 240 g/mol. The fourth-order valence-corrected chi connectivity index (χ4v) is 2.02. The monoisotopic (exact) mass is 250 g/mol. The van der Waals surface area contributed by atoms with Gasteiger partial charge in [0.15, 0.2) is 0 Å². The van der Waals surface area contributed by atoms with E-state index in [1.54, 1.807) is 6.20 Å². The normalized spacial score (nSPS) is 10.4. The predicted octanol–water partition coefficient (Wildman–Crippen LogP) is 3.08. The van der Waals surface area contributed by atoms with E-state index in [9.17, 15) is 0 Å². The van der Waals surface area contributed by atoms with Gasteiger partial charge in [-0.2, -0.15) is 5.10 Å². The molecule has 2 aromatic rings. The Kier molecular flexibility index (Phi) is 2.68. The maximum Gasteiger partial charge on any atom is 0.0648 e. The summed E-state index contributed by atoms with van der Waals surface area (Å²) in [6.45, 7) is 2.11. The number of halogens is 1. The molecule has 0 spiro atoms. The van der Waals surface area contributed by atoms with Crippen LogP contribution in [0.3, 0.4) is 0 Å². The van der Waals surface area contributed by atoms with Crippen molar-refractivity contribution in [1.82, 2.24) is 9.78 Å². The zero-order valence-electron chi connectivity index (χ0n) is 7.94. The number of hydrogen-bond acceptors (Lipinski definition) is 1. The van der Waals surface area contributed by atoms with E-state index in [-0.39, 0.29) is 0 Å². The molecular formula is C11H11BrN2. The van der Waals surface area contributed by atoms with Gasteiger partial charge in [-0.15, -0.1) is 0 Å². The maximum absolute atomic E-state index is 4.19. The number of aryl methyl sites for hydroxylation is 1. The number of nitrogens with zero attached hydrogens (tertiary/aromatic N) is 2. The Morgan fingerprint density at radius 3 is 2.86 bits per heavy atom. The van der Waals surface area contributed by atoms with Crippen LogP contribution in [0, 0.1) is 6.92 Å². The molecule has 0 aliphatic carbocycles. The largest absolute Gasteiger partial charge is 0.241 e. The van der Waals surface area contributed by atoms with Crippen molar-refractivity contribution in [3.63, 3.8) is 0 Å². The predicted molar refractivity (Wildman–Crippen MR) is 60.9 cm³/mol. The number of rotatable bonds is 2. The minimum absolute atomic E-state index is 0.901. The molecule has 0 saturated carbocycles. The highest BCUT2D eigenvalue weighted by Gasteiger charge is 2.00. The van der Waals surface area contributed by atoms with E-state index in [1.165, 1.54) is 11.1 Å². The van der Waals surface area contributed by atoms with Gasteiger partial charge in [-0.05, 0) is 36.2 Å². The summed E-state index contributed by atoms with van der Waals surface area (Å²) in [5, 5.41) is 5.09. The van der Waals surface area contributed by atoms with Crippen molar-refractivity contribution in [2.45, 2.75) is 12.3 Å². The van der Waals surface area contributed by atoms with E-state index >= 15 is 0 Å². The second-order valence-electron chi connectivity index (χ2n) is 3.20. The molecule has 0 atom stereocenters. The molecule has 0 N–H and O–H groups in total. The van der Waals surface area contributed by atoms with Crippen molar-refractivity contribution >= 4 is 15.9 Å². The first-order valence-corrected chi connectivity index (χ1v) is 5.59. The van der Waals surface area contributed by atoms with Crippen molar-refractivity contribution in [2.75, 3.05) is 0 Å². The third kappa shape index (κ3) is 1.73. The van der Waals surface area contributed by atoms with Crippen LogP contribution in [0.4, 0.5) is 0 Å². The molecule has 2 nitrogen and oxygen atoms in total. The molecule has 3 heteroatoms. The molecule has 72 valence electrons. The zero-order chi connectivity index (χ0) is 9.97. The van der Waals surface area contributed by atoms with Gasteiger partial charge in [-0.25, -0.2) is 4.68 Å². The average molecular weight is 251 g/mol. The van der Waals surface area contributed by atoms with Gasteiger partial charge in [0.25, 0.3) is 0 Å². The van der Waals surface area contributed by atoms with Crippen LogP contribution in [0.25, 0.3) is 5.69 Å². The summed E-state index contributed by atoms with van der Waals surface area (Å²) in [5.41, 5.74) is 3.72. The lowest BCUT2D eigenvalue weighted by Crippen LogP contribution is -1.95. The third-order valence-electron chi connectivity index (χ3n) is 2.24. The first-order chi connectivity index (χ1) is 6.81. The second kappa shape index (κ2) is 3.96. The van der Waals surface area contributed by atoms with Crippen LogP contribution in [-0.4, -0.2) is 9.78 Å². The Balaban J connectivity index is 2.43. The summed E-state index contributed by atoms with van der Waals surface area (Å²) in [4.78, 5) is 0. The SMILES string of the molecule is Cc1cc(-n2cccn2)ccc1CBr. The van der Waals surface area contributed by atoms with Crippen LogP contribution in [0.15, 0.2) is 36.7 Å². The number of hydrogen-bond donors (Lipinski definition) is 0. The topological polar surface area (TPSA) is 17.8 Å². The smallest absolute Gasteiger partial charge is 0.0648 e. The molecule has 0 aliphatic heterocycles. The molecule has 0 amide bonds. The van der Waals surface area contributed by atoms with E-state index in [4.69, 9.17) is 0 Å². The molecule has 0 saturated heterocycles. The molecule has 1 aromatic heterocycles. The molecule has 0 radical (unpaired) electrons. The first kappa shape index (κ1) is 9.46.